The molecule has 1 amide bonds. The predicted molar refractivity (Wildman–Crippen MR) is 77.8 cm³/mol. The van der Waals surface area contributed by atoms with E-state index in [4.69, 9.17) is 4.74 Å². The maximum Gasteiger partial charge on any atom is 0.407 e. The van der Waals surface area contributed by atoms with Crippen LogP contribution >= 0.6 is 0 Å². The van der Waals surface area contributed by atoms with Gasteiger partial charge in [0.2, 0.25) is 0 Å². The molecule has 0 radical (unpaired) electrons. The van der Waals surface area contributed by atoms with Crippen molar-refractivity contribution in [3.8, 4) is 0 Å². The largest absolute Gasteiger partial charge is 0.445 e. The van der Waals surface area contributed by atoms with E-state index in [0.29, 0.717) is 5.56 Å². The van der Waals surface area contributed by atoms with E-state index in [1.165, 1.54) is 0 Å². The van der Waals surface area contributed by atoms with Crippen LogP contribution < -0.4 is 10.9 Å². The average molecular weight is 287 g/mol. The highest BCUT2D eigenvalue weighted by molar-refractivity contribution is 5.67. The van der Waals surface area contributed by atoms with Gasteiger partial charge in [0.25, 0.3) is 5.56 Å². The molecule has 2 rings (SSSR count). The molecule has 0 saturated carbocycles. The molecule has 0 unspecified atom stereocenters. The van der Waals surface area contributed by atoms with Gasteiger partial charge in [-0.1, -0.05) is 30.3 Å². The number of aryl methyl sites for hydroxylation is 1. The smallest absolute Gasteiger partial charge is 0.407 e. The van der Waals surface area contributed by atoms with Crippen LogP contribution in [0.3, 0.4) is 0 Å². The zero-order valence-electron chi connectivity index (χ0n) is 12.0. The molecule has 2 aromatic rings. The lowest BCUT2D eigenvalue weighted by molar-refractivity contribution is 0.139. The Labute approximate surface area is 122 Å². The molecule has 110 valence electrons. The molecule has 6 nitrogen and oxygen atoms in total. The fourth-order valence-corrected chi connectivity index (χ4v) is 1.82. The van der Waals surface area contributed by atoms with Gasteiger partial charge in [-0.05, 0) is 25.0 Å². The van der Waals surface area contributed by atoms with Gasteiger partial charge in [-0.3, -0.25) is 4.79 Å². The maximum absolute atomic E-state index is 11.7. The summed E-state index contributed by atoms with van der Waals surface area (Å²) >= 11 is 0. The number of rotatable bonds is 4. The molecule has 0 fully saturated rings. The van der Waals surface area contributed by atoms with Crippen molar-refractivity contribution in [2.45, 2.75) is 27.0 Å². The molecular weight excluding hydrogens is 270 g/mol. The van der Waals surface area contributed by atoms with Crippen molar-refractivity contribution in [2.24, 2.45) is 0 Å². The van der Waals surface area contributed by atoms with Crippen molar-refractivity contribution < 1.29 is 9.53 Å². The van der Waals surface area contributed by atoms with Gasteiger partial charge in [0.1, 0.15) is 6.61 Å². The normalized spacial score (nSPS) is 10.2. The molecule has 0 aliphatic heterocycles. The summed E-state index contributed by atoms with van der Waals surface area (Å²) in [7, 11) is 0. The highest BCUT2D eigenvalue weighted by Gasteiger charge is 2.10. The first-order valence-electron chi connectivity index (χ1n) is 6.57. The van der Waals surface area contributed by atoms with Crippen molar-refractivity contribution in [2.75, 3.05) is 0 Å². The second kappa shape index (κ2) is 6.69. The predicted octanol–water partition coefficient (Wildman–Crippen LogP) is 1.81. The van der Waals surface area contributed by atoms with Crippen LogP contribution in [-0.2, 0) is 17.9 Å². The standard InChI is InChI=1S/C15H17N3O3/c1-10-11(2)17-18-14(19)13(10)8-16-15(20)21-9-12-6-4-3-5-7-12/h3-7H,8-9H2,1-2H3,(H,16,20)(H,18,19). The molecule has 1 aromatic carbocycles. The molecule has 0 spiro atoms. The molecule has 0 saturated heterocycles. The van der Waals surface area contributed by atoms with Crippen molar-refractivity contribution in [1.82, 2.24) is 15.5 Å². The summed E-state index contributed by atoms with van der Waals surface area (Å²) in [6.07, 6.45) is -0.563. The van der Waals surface area contributed by atoms with Gasteiger partial charge < -0.3 is 10.1 Å². The quantitative estimate of drug-likeness (QED) is 0.898. The number of hydrogen-bond acceptors (Lipinski definition) is 4. The lowest BCUT2D eigenvalue weighted by Crippen LogP contribution is -2.29. The molecule has 1 heterocycles. The molecule has 6 heteroatoms. The monoisotopic (exact) mass is 287 g/mol. The fraction of sp³-hybridized carbons (Fsp3) is 0.267. The van der Waals surface area contributed by atoms with Gasteiger partial charge >= 0.3 is 6.09 Å². The third kappa shape index (κ3) is 3.92. The first-order chi connectivity index (χ1) is 10.1. The number of alkyl carbamates (subject to hydrolysis) is 1. The van der Waals surface area contributed by atoms with E-state index in [0.717, 1.165) is 16.8 Å². The fourth-order valence-electron chi connectivity index (χ4n) is 1.82. The van der Waals surface area contributed by atoms with Crippen molar-refractivity contribution >= 4 is 6.09 Å². The van der Waals surface area contributed by atoms with Crippen LogP contribution in [0.25, 0.3) is 0 Å². The second-order valence-corrected chi connectivity index (χ2v) is 4.66. The second-order valence-electron chi connectivity index (χ2n) is 4.66. The number of ether oxygens (including phenoxy) is 1. The van der Waals surface area contributed by atoms with Gasteiger partial charge in [0, 0.05) is 5.56 Å². The number of hydrogen-bond donors (Lipinski definition) is 2. The van der Waals surface area contributed by atoms with E-state index in [1.54, 1.807) is 13.8 Å². The van der Waals surface area contributed by atoms with E-state index in [-0.39, 0.29) is 18.7 Å². The third-order valence-corrected chi connectivity index (χ3v) is 3.22. The minimum absolute atomic E-state index is 0.109. The van der Waals surface area contributed by atoms with Crippen LogP contribution in [0.2, 0.25) is 0 Å². The number of nitrogens with one attached hydrogen (secondary N) is 2. The van der Waals surface area contributed by atoms with Crippen LogP contribution in [0.5, 0.6) is 0 Å². The molecule has 0 atom stereocenters. The summed E-state index contributed by atoms with van der Waals surface area (Å²) < 4.78 is 5.08. The molecule has 0 aliphatic rings. The molecule has 0 bridgehead atoms. The van der Waals surface area contributed by atoms with Gasteiger partial charge in [0.05, 0.1) is 12.2 Å². The Kier molecular flexibility index (Phi) is 4.71. The Hall–Kier alpha value is -2.63. The van der Waals surface area contributed by atoms with Crippen LogP contribution in [0.15, 0.2) is 35.1 Å². The van der Waals surface area contributed by atoms with Gasteiger partial charge in [-0.15, -0.1) is 0 Å². The summed E-state index contributed by atoms with van der Waals surface area (Å²) in [5.41, 5.74) is 2.58. The molecule has 2 N–H and O–H groups in total. The average Bonchev–Trinajstić information content (AvgIpc) is 2.50. The van der Waals surface area contributed by atoms with E-state index in [2.05, 4.69) is 15.5 Å². The van der Waals surface area contributed by atoms with Crippen molar-refractivity contribution in [3.63, 3.8) is 0 Å². The minimum Gasteiger partial charge on any atom is -0.445 e. The lowest BCUT2D eigenvalue weighted by Gasteiger charge is -2.09. The lowest BCUT2D eigenvalue weighted by atomic mass is 10.1. The molecule has 1 aromatic heterocycles. The van der Waals surface area contributed by atoms with Crippen LogP contribution in [0, 0.1) is 13.8 Å². The Morgan fingerprint density at radius 3 is 2.71 bits per heavy atom. The topological polar surface area (TPSA) is 84.1 Å². The van der Waals surface area contributed by atoms with Crippen LogP contribution in [-0.4, -0.2) is 16.3 Å². The maximum atomic E-state index is 11.7. The number of carbonyl (C=O) groups is 1. The zero-order chi connectivity index (χ0) is 15.2. The van der Waals surface area contributed by atoms with Gasteiger partial charge in [-0.2, -0.15) is 5.10 Å². The van der Waals surface area contributed by atoms with Gasteiger partial charge in [-0.25, -0.2) is 9.89 Å². The number of H-pyrrole nitrogens is 1. The number of amides is 1. The number of benzene rings is 1. The third-order valence-electron chi connectivity index (χ3n) is 3.22. The molecule has 21 heavy (non-hydrogen) atoms. The van der Waals surface area contributed by atoms with Gasteiger partial charge in [0.15, 0.2) is 0 Å². The summed E-state index contributed by atoms with van der Waals surface area (Å²) in [6, 6.07) is 9.38. The van der Waals surface area contributed by atoms with Crippen LogP contribution in [0.4, 0.5) is 4.79 Å². The summed E-state index contributed by atoms with van der Waals surface area (Å²) in [6.45, 7) is 3.89. The van der Waals surface area contributed by atoms with E-state index < -0.39 is 6.09 Å². The number of carbonyl (C=O) groups excluding carboxylic acids is 1. The summed E-state index contributed by atoms with van der Waals surface area (Å²) in [4.78, 5) is 23.3. The molecule has 0 aliphatic carbocycles. The Morgan fingerprint density at radius 1 is 1.29 bits per heavy atom. The summed E-state index contributed by atoms with van der Waals surface area (Å²) in [5, 5.41) is 8.82. The highest BCUT2D eigenvalue weighted by Crippen LogP contribution is 2.05. The Bertz CT molecular complexity index is 680. The summed E-state index contributed by atoms with van der Waals surface area (Å²) in [5.74, 6) is 0. The van der Waals surface area contributed by atoms with Crippen molar-refractivity contribution in [1.29, 1.82) is 0 Å². The van der Waals surface area contributed by atoms with E-state index >= 15 is 0 Å². The first kappa shape index (κ1) is 14.8. The van der Waals surface area contributed by atoms with E-state index in [1.807, 2.05) is 30.3 Å². The van der Waals surface area contributed by atoms with Crippen LogP contribution in [0.1, 0.15) is 22.4 Å². The van der Waals surface area contributed by atoms with E-state index in [9.17, 15) is 9.59 Å². The minimum atomic E-state index is -0.563. The molecular formula is C15H17N3O3. The number of aromatic nitrogens is 2. The Balaban J connectivity index is 1.90. The first-order valence-corrected chi connectivity index (χ1v) is 6.57. The number of nitrogens with zero attached hydrogens (tertiary/aromatic N) is 1. The number of aromatic amines is 1. The highest BCUT2D eigenvalue weighted by atomic mass is 16.5. The Morgan fingerprint density at radius 2 is 2.00 bits per heavy atom. The SMILES string of the molecule is Cc1n[nH]c(=O)c(CNC(=O)OCc2ccccc2)c1C. The zero-order valence-corrected chi connectivity index (χ0v) is 12.0. The van der Waals surface area contributed by atoms with Crippen molar-refractivity contribution in [3.05, 3.63) is 63.1 Å².